The zero-order valence-corrected chi connectivity index (χ0v) is 16.0. The van der Waals surface area contributed by atoms with Gasteiger partial charge in [0.2, 0.25) is 0 Å². The van der Waals surface area contributed by atoms with Crippen LogP contribution in [-0.2, 0) is 13.1 Å². The summed E-state index contributed by atoms with van der Waals surface area (Å²) < 4.78 is 0. The Labute approximate surface area is 161 Å². The Bertz CT molecular complexity index is 675. The van der Waals surface area contributed by atoms with Gasteiger partial charge in [-0.05, 0) is 42.4 Å². The van der Waals surface area contributed by atoms with E-state index in [1.807, 2.05) is 12.1 Å². The molecule has 4 heterocycles. The largest absolute Gasteiger partial charge is 0.298 e. The molecular formula is C21H27ClN4. The molecule has 3 aliphatic rings. The van der Waals surface area contributed by atoms with E-state index >= 15 is 0 Å². The third kappa shape index (κ3) is 4.81. The normalized spacial score (nSPS) is 24.8. The van der Waals surface area contributed by atoms with Gasteiger partial charge in [-0.25, -0.2) is 0 Å². The third-order valence-corrected chi connectivity index (χ3v) is 5.81. The van der Waals surface area contributed by atoms with Gasteiger partial charge < -0.3 is 0 Å². The molecule has 3 fully saturated rings. The number of aromatic nitrogens is 2. The maximum absolute atomic E-state index is 5.87. The third-order valence-electron chi connectivity index (χ3n) is 5.61. The molecule has 26 heavy (non-hydrogen) atoms. The Hall–Kier alpha value is -1.49. The van der Waals surface area contributed by atoms with Crippen molar-refractivity contribution < 1.29 is 0 Å². The van der Waals surface area contributed by atoms with E-state index in [2.05, 4.69) is 50.3 Å². The molecule has 4 nitrogen and oxygen atoms in total. The van der Waals surface area contributed by atoms with E-state index in [-0.39, 0.29) is 0 Å². The number of hydrogen-bond donors (Lipinski definition) is 0. The van der Waals surface area contributed by atoms with Crippen molar-refractivity contribution in [3.63, 3.8) is 0 Å². The fourth-order valence-corrected chi connectivity index (χ4v) is 4.64. The number of nitrogens with zero attached hydrogens (tertiary/aromatic N) is 4. The van der Waals surface area contributed by atoms with Gasteiger partial charge in [0.25, 0.3) is 0 Å². The molecule has 1 aromatic carbocycles. The number of rotatable bonds is 4. The Morgan fingerprint density at radius 2 is 1.46 bits per heavy atom. The van der Waals surface area contributed by atoms with E-state index in [4.69, 9.17) is 11.6 Å². The van der Waals surface area contributed by atoms with Gasteiger partial charge in [0, 0.05) is 39.3 Å². The van der Waals surface area contributed by atoms with Crippen LogP contribution < -0.4 is 0 Å². The highest BCUT2D eigenvalue weighted by Gasteiger charge is 2.29. The molecule has 0 N–H and O–H groups in total. The molecule has 0 aliphatic carbocycles. The van der Waals surface area contributed by atoms with Crippen molar-refractivity contribution in [2.24, 2.45) is 11.8 Å². The number of fused-ring (bicyclic) bond motifs is 6. The minimum absolute atomic E-state index is 0.467. The van der Waals surface area contributed by atoms with E-state index in [0.717, 1.165) is 43.7 Å². The van der Waals surface area contributed by atoms with Crippen LogP contribution in [-0.4, -0.2) is 46.2 Å². The fourth-order valence-electron chi connectivity index (χ4n) is 4.54. The molecule has 3 aliphatic heterocycles. The average molecular weight is 371 g/mol. The van der Waals surface area contributed by atoms with Crippen LogP contribution >= 0.6 is 11.6 Å². The summed E-state index contributed by atoms with van der Waals surface area (Å²) in [5.41, 5.74) is 2.45. The van der Waals surface area contributed by atoms with Crippen LogP contribution in [0.1, 0.15) is 30.5 Å². The molecule has 5 heteroatoms. The van der Waals surface area contributed by atoms with Gasteiger partial charge in [-0.3, -0.25) is 9.80 Å². The molecule has 0 radical (unpaired) electrons. The van der Waals surface area contributed by atoms with Gasteiger partial charge in [-0.2, -0.15) is 5.10 Å². The number of halogens is 1. The lowest BCUT2D eigenvalue weighted by Crippen LogP contribution is -2.47. The lowest BCUT2D eigenvalue weighted by molar-refractivity contribution is 0.0660. The van der Waals surface area contributed by atoms with Gasteiger partial charge in [-0.15, -0.1) is 5.10 Å². The van der Waals surface area contributed by atoms with E-state index in [9.17, 15) is 0 Å². The summed E-state index contributed by atoms with van der Waals surface area (Å²) in [6.07, 6.45) is 4.05. The first-order valence-corrected chi connectivity index (χ1v) is 10.1. The van der Waals surface area contributed by atoms with Crippen molar-refractivity contribution >= 4 is 11.6 Å². The summed E-state index contributed by atoms with van der Waals surface area (Å²) in [5.74, 6) is 1.47. The summed E-state index contributed by atoms with van der Waals surface area (Å²) in [7, 11) is 0. The minimum Gasteiger partial charge on any atom is -0.298 e. The quantitative estimate of drug-likeness (QED) is 0.817. The van der Waals surface area contributed by atoms with Crippen molar-refractivity contribution in [3.05, 3.63) is 58.9 Å². The topological polar surface area (TPSA) is 32.3 Å². The first-order valence-electron chi connectivity index (χ1n) is 9.71. The Morgan fingerprint density at radius 3 is 2.08 bits per heavy atom. The fraction of sp³-hybridized carbons (Fsp3) is 0.524. The Morgan fingerprint density at radius 1 is 0.808 bits per heavy atom. The predicted molar refractivity (Wildman–Crippen MR) is 105 cm³/mol. The molecule has 0 spiro atoms. The van der Waals surface area contributed by atoms with Crippen molar-refractivity contribution in [2.75, 3.05) is 26.2 Å². The molecule has 0 saturated carbocycles. The van der Waals surface area contributed by atoms with E-state index in [1.165, 1.54) is 37.9 Å². The standard InChI is InChI=1S/C21H27ClN4/c22-21-10-9-20(23-24-21)16-26-14-18-7-4-8-19(15-26)13-25(12-18)11-17-5-2-1-3-6-17/h1-3,5-6,9-10,18-19H,4,7-8,11-16H2. The van der Waals surface area contributed by atoms with Crippen molar-refractivity contribution in [1.29, 1.82) is 0 Å². The molecule has 2 aromatic rings. The minimum atomic E-state index is 0.467. The molecule has 3 saturated heterocycles. The lowest BCUT2D eigenvalue weighted by Gasteiger charge is -2.41. The van der Waals surface area contributed by atoms with Gasteiger partial charge in [-0.1, -0.05) is 48.4 Å². The SMILES string of the molecule is Clc1ccc(CN2CC3CCCC(CN(Cc4ccccc4)C3)C2)nn1. The molecule has 1 aromatic heterocycles. The van der Waals surface area contributed by atoms with Crippen LogP contribution in [0, 0.1) is 11.8 Å². The van der Waals surface area contributed by atoms with Crippen LogP contribution in [0.2, 0.25) is 5.15 Å². The molecule has 138 valence electrons. The van der Waals surface area contributed by atoms with Crippen LogP contribution in [0.3, 0.4) is 0 Å². The highest BCUT2D eigenvalue weighted by atomic mass is 35.5. The monoisotopic (exact) mass is 370 g/mol. The molecule has 2 unspecified atom stereocenters. The smallest absolute Gasteiger partial charge is 0.151 e. The van der Waals surface area contributed by atoms with Crippen LogP contribution in [0.5, 0.6) is 0 Å². The lowest BCUT2D eigenvalue weighted by atomic mass is 9.88. The average Bonchev–Trinajstić information content (AvgIpc) is 2.60. The Balaban J connectivity index is 1.42. The van der Waals surface area contributed by atoms with Crippen LogP contribution in [0.4, 0.5) is 0 Å². The molecule has 2 bridgehead atoms. The summed E-state index contributed by atoms with van der Waals surface area (Å²) in [4.78, 5) is 5.27. The van der Waals surface area contributed by atoms with Gasteiger partial charge in [0.1, 0.15) is 0 Å². The number of hydrogen-bond acceptors (Lipinski definition) is 4. The molecule has 5 rings (SSSR count). The van der Waals surface area contributed by atoms with E-state index in [1.54, 1.807) is 0 Å². The summed E-state index contributed by atoms with van der Waals surface area (Å²) in [6, 6.07) is 14.7. The molecule has 0 amide bonds. The zero-order chi connectivity index (χ0) is 17.8. The van der Waals surface area contributed by atoms with Crippen molar-refractivity contribution in [3.8, 4) is 0 Å². The molecule has 2 atom stereocenters. The summed E-state index contributed by atoms with van der Waals surface area (Å²) in [6.45, 7) is 6.69. The first-order chi connectivity index (χ1) is 12.7. The van der Waals surface area contributed by atoms with E-state index in [0.29, 0.717) is 5.15 Å². The van der Waals surface area contributed by atoms with Gasteiger partial charge in [0.15, 0.2) is 5.15 Å². The Kier molecular flexibility index (Phi) is 5.83. The summed E-state index contributed by atoms with van der Waals surface area (Å²) in [5, 5.41) is 8.72. The maximum Gasteiger partial charge on any atom is 0.151 e. The zero-order valence-electron chi connectivity index (χ0n) is 15.2. The summed E-state index contributed by atoms with van der Waals surface area (Å²) >= 11 is 5.87. The highest BCUT2D eigenvalue weighted by molar-refractivity contribution is 6.29. The second kappa shape index (κ2) is 8.47. The maximum atomic E-state index is 5.87. The molecular weight excluding hydrogens is 344 g/mol. The van der Waals surface area contributed by atoms with E-state index < -0.39 is 0 Å². The predicted octanol–water partition coefficient (Wildman–Crippen LogP) is 3.86. The van der Waals surface area contributed by atoms with Crippen molar-refractivity contribution in [1.82, 2.24) is 20.0 Å². The van der Waals surface area contributed by atoms with Gasteiger partial charge >= 0.3 is 0 Å². The first kappa shape index (κ1) is 17.9. The second-order valence-corrected chi connectivity index (χ2v) is 8.27. The van der Waals surface area contributed by atoms with Crippen molar-refractivity contribution in [2.45, 2.75) is 32.4 Å². The van der Waals surface area contributed by atoms with Crippen LogP contribution in [0.25, 0.3) is 0 Å². The van der Waals surface area contributed by atoms with Gasteiger partial charge in [0.05, 0.1) is 5.69 Å². The number of benzene rings is 1. The second-order valence-electron chi connectivity index (χ2n) is 7.88. The highest BCUT2D eigenvalue weighted by Crippen LogP contribution is 2.27. The van der Waals surface area contributed by atoms with Crippen LogP contribution in [0.15, 0.2) is 42.5 Å².